The molecule has 2 N–H and O–H groups in total. The number of hydrogen-bond donors (Lipinski definition) is 2. The molecule has 1 saturated carbocycles. The van der Waals surface area contributed by atoms with Gasteiger partial charge < -0.3 is 15.2 Å². The quantitative estimate of drug-likeness (QED) is 0.679. The van der Waals surface area contributed by atoms with Crippen molar-refractivity contribution in [3.8, 4) is 11.5 Å². The average Bonchev–Trinajstić information content (AvgIpc) is 3.44. The molecule has 3 aromatic rings. The summed E-state index contributed by atoms with van der Waals surface area (Å²) < 4.78 is 18.4. The molecule has 4 rings (SSSR count). The summed E-state index contributed by atoms with van der Waals surface area (Å²) in [5.74, 6) is -0.0695. The van der Waals surface area contributed by atoms with Crippen LogP contribution in [-0.4, -0.2) is 26.9 Å². The van der Waals surface area contributed by atoms with Crippen molar-refractivity contribution in [1.29, 1.82) is 0 Å². The topological polar surface area (TPSA) is 110 Å². The summed E-state index contributed by atoms with van der Waals surface area (Å²) in [4.78, 5) is 32.3. The molecule has 1 fully saturated rings. The molecule has 0 saturated heterocycles. The zero-order chi connectivity index (χ0) is 19.5. The molecule has 0 spiro atoms. The molecule has 142 valence electrons. The van der Waals surface area contributed by atoms with Gasteiger partial charge in [-0.2, -0.15) is 4.98 Å². The van der Waals surface area contributed by atoms with E-state index in [1.165, 1.54) is 30.5 Å². The van der Waals surface area contributed by atoms with E-state index in [0.29, 0.717) is 16.9 Å². The third-order valence-electron chi connectivity index (χ3n) is 4.17. The summed E-state index contributed by atoms with van der Waals surface area (Å²) >= 11 is 0. The van der Waals surface area contributed by atoms with Crippen LogP contribution in [0.5, 0.6) is 0 Å². The number of aromatic nitrogens is 3. The first-order valence-electron chi connectivity index (χ1n) is 8.72. The molecule has 9 heteroatoms. The van der Waals surface area contributed by atoms with Crippen molar-refractivity contribution in [2.24, 2.45) is 5.92 Å². The molecule has 0 bridgehead atoms. The van der Waals surface area contributed by atoms with Crippen molar-refractivity contribution in [2.75, 3.05) is 5.32 Å². The van der Waals surface area contributed by atoms with Gasteiger partial charge >= 0.3 is 0 Å². The van der Waals surface area contributed by atoms with E-state index in [9.17, 15) is 14.0 Å². The van der Waals surface area contributed by atoms with Gasteiger partial charge in [-0.15, -0.1) is 0 Å². The largest absolute Gasteiger partial charge is 0.345 e. The van der Waals surface area contributed by atoms with Crippen molar-refractivity contribution < 1.29 is 18.5 Å². The first kappa shape index (κ1) is 17.8. The lowest BCUT2D eigenvalue weighted by atomic mass is 10.2. The second kappa shape index (κ2) is 7.55. The standard InChI is InChI=1S/C19H16FN5O3/c20-14-3-1-2-13(8-14)19-24-16(25-28-19)10-22-17(26)12-6-7-21-15(9-12)23-18(27)11-4-5-11/h1-3,6-9,11H,4-5,10H2,(H,22,26)(H,21,23,27). The highest BCUT2D eigenvalue weighted by atomic mass is 19.1. The Labute approximate surface area is 159 Å². The Kier molecular flexibility index (Phi) is 4.79. The second-order valence-corrected chi connectivity index (χ2v) is 6.40. The number of nitrogens with zero attached hydrogens (tertiary/aromatic N) is 3. The van der Waals surface area contributed by atoms with Gasteiger partial charge in [0.1, 0.15) is 11.6 Å². The molecule has 0 radical (unpaired) electrons. The third-order valence-corrected chi connectivity index (χ3v) is 4.17. The maximum atomic E-state index is 13.3. The van der Waals surface area contributed by atoms with Crippen LogP contribution in [0.2, 0.25) is 0 Å². The molecule has 2 heterocycles. The molecule has 28 heavy (non-hydrogen) atoms. The molecule has 8 nitrogen and oxygen atoms in total. The molecular weight excluding hydrogens is 365 g/mol. The first-order chi connectivity index (χ1) is 13.6. The van der Waals surface area contributed by atoms with Crippen LogP contribution < -0.4 is 10.6 Å². The monoisotopic (exact) mass is 381 g/mol. The summed E-state index contributed by atoms with van der Waals surface area (Å²) in [5, 5.41) is 9.15. The number of benzene rings is 1. The SMILES string of the molecule is O=C(NCc1noc(-c2cccc(F)c2)n1)c1ccnc(NC(=O)C2CC2)c1. The van der Waals surface area contributed by atoms with E-state index in [1.807, 2.05) is 0 Å². The van der Waals surface area contributed by atoms with Crippen LogP contribution in [0.1, 0.15) is 29.0 Å². The van der Waals surface area contributed by atoms with Crippen molar-refractivity contribution in [2.45, 2.75) is 19.4 Å². The van der Waals surface area contributed by atoms with Gasteiger partial charge in [-0.3, -0.25) is 9.59 Å². The van der Waals surface area contributed by atoms with Gasteiger partial charge in [-0.05, 0) is 43.2 Å². The molecule has 2 aromatic heterocycles. The Morgan fingerprint density at radius 2 is 2.07 bits per heavy atom. The maximum Gasteiger partial charge on any atom is 0.258 e. The fraction of sp³-hybridized carbons (Fsp3) is 0.211. The third kappa shape index (κ3) is 4.20. The van der Waals surface area contributed by atoms with Crippen molar-refractivity contribution in [1.82, 2.24) is 20.4 Å². The molecular formula is C19H16FN5O3. The fourth-order valence-corrected chi connectivity index (χ4v) is 2.54. The lowest BCUT2D eigenvalue weighted by molar-refractivity contribution is -0.117. The van der Waals surface area contributed by atoms with E-state index in [4.69, 9.17) is 4.52 Å². The molecule has 0 aliphatic heterocycles. The Balaban J connectivity index is 1.37. The number of amides is 2. The van der Waals surface area contributed by atoms with Crippen molar-refractivity contribution in [3.05, 3.63) is 59.8 Å². The van der Waals surface area contributed by atoms with E-state index in [0.717, 1.165) is 12.8 Å². The minimum absolute atomic E-state index is 0.0315. The zero-order valence-electron chi connectivity index (χ0n) is 14.7. The molecule has 1 aromatic carbocycles. The minimum atomic E-state index is -0.409. The smallest absolute Gasteiger partial charge is 0.258 e. The van der Waals surface area contributed by atoms with Gasteiger partial charge in [0.2, 0.25) is 5.91 Å². The lowest BCUT2D eigenvalue weighted by Gasteiger charge is -2.06. The van der Waals surface area contributed by atoms with E-state index >= 15 is 0 Å². The molecule has 0 atom stereocenters. The summed E-state index contributed by atoms with van der Waals surface area (Å²) in [7, 11) is 0. The molecule has 2 amide bonds. The van der Waals surface area contributed by atoms with E-state index < -0.39 is 5.82 Å². The van der Waals surface area contributed by atoms with Gasteiger partial charge in [0.15, 0.2) is 5.82 Å². The van der Waals surface area contributed by atoms with Gasteiger partial charge in [-0.25, -0.2) is 9.37 Å². The van der Waals surface area contributed by atoms with Gasteiger partial charge in [-0.1, -0.05) is 11.2 Å². The van der Waals surface area contributed by atoms with Crippen LogP contribution in [0.15, 0.2) is 47.1 Å². The number of carbonyl (C=O) groups is 2. The Morgan fingerprint density at radius 3 is 2.86 bits per heavy atom. The Morgan fingerprint density at radius 1 is 1.21 bits per heavy atom. The van der Waals surface area contributed by atoms with Crippen LogP contribution in [0.25, 0.3) is 11.5 Å². The van der Waals surface area contributed by atoms with Crippen LogP contribution in [0.3, 0.4) is 0 Å². The lowest BCUT2D eigenvalue weighted by Crippen LogP contribution is -2.24. The number of anilines is 1. The number of rotatable bonds is 6. The number of carbonyl (C=O) groups excluding carboxylic acids is 2. The number of hydrogen-bond acceptors (Lipinski definition) is 6. The predicted molar refractivity (Wildman–Crippen MR) is 96.5 cm³/mol. The zero-order valence-corrected chi connectivity index (χ0v) is 14.7. The number of pyridine rings is 1. The first-order valence-corrected chi connectivity index (χ1v) is 8.72. The highest BCUT2D eigenvalue weighted by molar-refractivity contribution is 5.97. The van der Waals surface area contributed by atoms with Gasteiger partial charge in [0.05, 0.1) is 6.54 Å². The van der Waals surface area contributed by atoms with Gasteiger partial charge in [0.25, 0.3) is 11.8 Å². The second-order valence-electron chi connectivity index (χ2n) is 6.40. The molecule has 0 unspecified atom stereocenters. The fourth-order valence-electron chi connectivity index (χ4n) is 2.54. The summed E-state index contributed by atoms with van der Waals surface area (Å²) in [6, 6.07) is 8.83. The predicted octanol–water partition coefficient (Wildman–Crippen LogP) is 2.55. The van der Waals surface area contributed by atoms with E-state index in [1.54, 1.807) is 12.1 Å². The number of halogens is 1. The van der Waals surface area contributed by atoms with Crippen molar-refractivity contribution in [3.63, 3.8) is 0 Å². The van der Waals surface area contributed by atoms with E-state index in [2.05, 4.69) is 25.8 Å². The van der Waals surface area contributed by atoms with Crippen LogP contribution in [-0.2, 0) is 11.3 Å². The van der Waals surface area contributed by atoms with Crippen LogP contribution in [0, 0.1) is 11.7 Å². The highest BCUT2D eigenvalue weighted by Gasteiger charge is 2.29. The number of nitrogens with one attached hydrogen (secondary N) is 2. The summed E-state index contributed by atoms with van der Waals surface area (Å²) in [6.07, 6.45) is 3.22. The Hall–Kier alpha value is -3.62. The highest BCUT2D eigenvalue weighted by Crippen LogP contribution is 2.30. The molecule has 1 aliphatic rings. The summed E-state index contributed by atoms with van der Waals surface area (Å²) in [5.41, 5.74) is 0.796. The van der Waals surface area contributed by atoms with Crippen LogP contribution >= 0.6 is 0 Å². The molecule has 1 aliphatic carbocycles. The van der Waals surface area contributed by atoms with Crippen LogP contribution in [0.4, 0.5) is 10.2 Å². The maximum absolute atomic E-state index is 13.3. The normalized spacial score (nSPS) is 13.2. The van der Waals surface area contributed by atoms with E-state index in [-0.39, 0.29) is 36.0 Å². The average molecular weight is 381 g/mol. The van der Waals surface area contributed by atoms with Gasteiger partial charge in [0, 0.05) is 23.2 Å². The summed E-state index contributed by atoms with van der Waals surface area (Å²) in [6.45, 7) is 0.0315. The minimum Gasteiger partial charge on any atom is -0.345 e. The Bertz CT molecular complexity index is 1030. The van der Waals surface area contributed by atoms with Crippen molar-refractivity contribution >= 4 is 17.6 Å².